The third-order valence-electron chi connectivity index (χ3n) is 20.8. The second-order valence-electron chi connectivity index (χ2n) is 26.2. The van der Waals surface area contributed by atoms with Crippen molar-refractivity contribution >= 4 is 21.9 Å². The van der Waals surface area contributed by atoms with Crippen LogP contribution in [-0.2, 0) is 39.8 Å². The number of aliphatic imine (C=N–C) groups is 1. The van der Waals surface area contributed by atoms with Crippen molar-refractivity contribution in [1.29, 1.82) is 0 Å². The molecule has 1 saturated heterocycles. The summed E-state index contributed by atoms with van der Waals surface area (Å²) in [6.07, 6.45) is 11.5. The van der Waals surface area contributed by atoms with Gasteiger partial charge in [0.25, 0.3) is 10.1 Å². The maximum atomic E-state index is 14.5. The summed E-state index contributed by atoms with van der Waals surface area (Å²) < 4.78 is 55.6. The van der Waals surface area contributed by atoms with E-state index >= 15 is 0 Å². The molecular weight excluding hydrogens is 1100 g/mol. The summed E-state index contributed by atoms with van der Waals surface area (Å²) in [5, 5.41) is 41.4. The van der Waals surface area contributed by atoms with Gasteiger partial charge in [-0.25, -0.2) is 4.99 Å². The molecule has 5 aromatic carbocycles. The third kappa shape index (κ3) is 11.9. The molecule has 15 rings (SSSR count). The Kier molecular flexibility index (Phi) is 16.2. The number of allylic oxidation sites excluding steroid dienone is 1. The summed E-state index contributed by atoms with van der Waals surface area (Å²) in [6.45, 7) is 3.74. The first-order chi connectivity index (χ1) is 41.6. The van der Waals surface area contributed by atoms with Crippen molar-refractivity contribution in [3.05, 3.63) is 195 Å². The van der Waals surface area contributed by atoms with Gasteiger partial charge in [-0.05, 0) is 206 Å². The molecule has 10 bridgehead atoms. The lowest BCUT2D eigenvalue weighted by molar-refractivity contribution is -0.0834. The SMILES string of the molecule is C[C@@H]1CCc2cc3ccc2[C@H]1C[C@@H](S(=O)(=O)O)[C@H]1C=C2C[C@H](C[C@H]4C[C@@H](CO)CC#Cc5cc(O)ccc5[C@@H]2O4)[C@@H]1c1ccc(cc1)[C@](C[C@H](Cc1ccccc1)[C@@]1(O)CCC[C@H](c2ccc4c(c2)[C@H](CNc2ccc[nH]2)NCC4)C1)(N=C(N)N)O3. The Labute approximate surface area is 506 Å². The van der Waals surface area contributed by atoms with Crippen molar-refractivity contribution in [2.75, 3.05) is 25.0 Å². The molecule has 0 spiro atoms. The van der Waals surface area contributed by atoms with Crippen LogP contribution < -0.4 is 26.8 Å². The average Bonchev–Trinajstić information content (AvgIpc) is 1.55. The molecule has 2 fully saturated rings. The number of hydrogen-bond acceptors (Lipinski definition) is 10. The lowest BCUT2D eigenvalue weighted by Gasteiger charge is -2.46. The first kappa shape index (κ1) is 58.1. The number of H-pyrrole nitrogens is 1. The predicted octanol–water partition coefficient (Wildman–Crippen LogP) is 11.1. The molecule has 1 aromatic heterocycles. The van der Waals surface area contributed by atoms with Crippen LogP contribution in [-0.4, -0.2) is 75.9 Å². The normalized spacial score (nSPS) is 30.6. The number of guanidine groups is 1. The Bertz CT molecular complexity index is 3670. The maximum Gasteiger partial charge on any atom is 0.268 e. The molecule has 0 amide bonds. The fourth-order valence-corrected chi connectivity index (χ4v) is 17.7. The number of aliphatic hydroxyl groups excluding tert-OH is 1. The molecule has 14 atom stereocenters. The lowest BCUT2D eigenvalue weighted by atomic mass is 9.64. The van der Waals surface area contributed by atoms with E-state index in [0.717, 1.165) is 84.4 Å². The summed E-state index contributed by atoms with van der Waals surface area (Å²) >= 11 is 0. The lowest BCUT2D eigenvalue weighted by Crippen LogP contribution is -2.48. The van der Waals surface area contributed by atoms with Crippen LogP contribution in [0.3, 0.4) is 0 Å². The molecule has 15 heteroatoms. The summed E-state index contributed by atoms with van der Waals surface area (Å²) in [7, 11) is -4.71. The van der Waals surface area contributed by atoms with Crippen molar-refractivity contribution < 1.29 is 37.8 Å². The molecule has 9 aliphatic rings. The smallest absolute Gasteiger partial charge is 0.268 e. The van der Waals surface area contributed by atoms with E-state index in [4.69, 9.17) is 25.9 Å². The molecule has 0 unspecified atom stereocenters. The number of aryl methyl sites for hydroxylation is 1. The van der Waals surface area contributed by atoms with E-state index in [1.165, 1.54) is 16.7 Å². The van der Waals surface area contributed by atoms with Gasteiger partial charge in [0.1, 0.15) is 23.4 Å². The van der Waals surface area contributed by atoms with Crippen LogP contribution in [0.1, 0.15) is 163 Å². The van der Waals surface area contributed by atoms with Crippen LogP contribution in [0.15, 0.2) is 144 Å². The topological polar surface area (TPSA) is 238 Å². The third-order valence-corrected chi connectivity index (χ3v) is 22.1. The molecule has 6 aromatic rings. The van der Waals surface area contributed by atoms with Gasteiger partial charge in [-0.15, -0.1) is 0 Å². The van der Waals surface area contributed by atoms with Crippen molar-refractivity contribution in [3.8, 4) is 23.3 Å². The molecule has 6 aliphatic heterocycles. The van der Waals surface area contributed by atoms with E-state index in [0.29, 0.717) is 61.8 Å². The number of ether oxygens (including phenoxy) is 2. The number of aromatic nitrogens is 1. The van der Waals surface area contributed by atoms with E-state index in [9.17, 15) is 28.3 Å². The first-order valence-corrected chi connectivity index (χ1v) is 32.9. The molecular formula is C71H82N6O8S. The van der Waals surface area contributed by atoms with Gasteiger partial charge in [0.05, 0.1) is 17.0 Å². The van der Waals surface area contributed by atoms with E-state index in [-0.39, 0.29) is 72.9 Å². The quantitative estimate of drug-likeness (QED) is 0.0183. The summed E-state index contributed by atoms with van der Waals surface area (Å²) in [5.74, 6) is 6.11. The maximum absolute atomic E-state index is 14.5. The first-order valence-electron chi connectivity index (χ1n) is 31.4. The minimum absolute atomic E-state index is 0.0742. The Morgan fingerprint density at radius 2 is 1.72 bits per heavy atom. The Hall–Kier alpha value is -6.90. The van der Waals surface area contributed by atoms with Crippen LogP contribution in [0, 0.1) is 41.4 Å². The molecule has 86 heavy (non-hydrogen) atoms. The number of benzene rings is 5. The zero-order valence-corrected chi connectivity index (χ0v) is 49.9. The number of aliphatic hydroxyl groups is 2. The highest BCUT2D eigenvalue weighted by Crippen LogP contribution is 2.56. The fourth-order valence-electron chi connectivity index (χ4n) is 16.6. The Morgan fingerprint density at radius 3 is 2.51 bits per heavy atom. The van der Waals surface area contributed by atoms with Gasteiger partial charge in [0, 0.05) is 60.8 Å². The summed E-state index contributed by atoms with van der Waals surface area (Å²) in [5.41, 5.74) is 21.4. The number of hydrogen-bond donors (Lipinski definition) is 9. The van der Waals surface area contributed by atoms with Crippen LogP contribution in [0.4, 0.5) is 5.82 Å². The van der Waals surface area contributed by atoms with Crippen molar-refractivity contribution in [1.82, 2.24) is 10.3 Å². The molecule has 11 N–H and O–H groups in total. The van der Waals surface area contributed by atoms with Gasteiger partial charge >= 0.3 is 0 Å². The summed E-state index contributed by atoms with van der Waals surface area (Å²) in [6, 6.07) is 40.9. The number of fused-ring (bicyclic) bond motifs is 10. The highest BCUT2D eigenvalue weighted by atomic mass is 32.2. The molecule has 3 aliphatic carbocycles. The molecule has 7 heterocycles. The number of nitrogens with two attached hydrogens (primary N) is 2. The fraction of sp³-hybridized carbons (Fsp3) is 0.451. The van der Waals surface area contributed by atoms with Gasteiger partial charge in [0.2, 0.25) is 5.72 Å². The number of aromatic hydroxyl groups is 1. The van der Waals surface area contributed by atoms with Crippen LogP contribution in [0.2, 0.25) is 0 Å². The molecule has 450 valence electrons. The van der Waals surface area contributed by atoms with Gasteiger partial charge < -0.3 is 51.9 Å². The Morgan fingerprint density at radius 1 is 0.895 bits per heavy atom. The van der Waals surface area contributed by atoms with Crippen molar-refractivity contribution in [2.45, 2.75) is 149 Å². The zero-order valence-electron chi connectivity index (χ0n) is 49.1. The molecule has 14 nitrogen and oxygen atoms in total. The number of anilines is 1. The van der Waals surface area contributed by atoms with Gasteiger partial charge in [-0.3, -0.25) is 4.55 Å². The average molecular weight is 1180 g/mol. The number of phenolic OH excluding ortho intramolecular Hbond substituents is 1. The van der Waals surface area contributed by atoms with Crippen molar-refractivity contribution in [3.63, 3.8) is 0 Å². The number of nitrogens with zero attached hydrogens (tertiary/aromatic N) is 1. The number of phenols is 1. The largest absolute Gasteiger partial charge is 0.508 e. The zero-order chi connectivity index (χ0) is 59.3. The molecule has 0 radical (unpaired) electrons. The highest BCUT2D eigenvalue weighted by Gasteiger charge is 2.51. The predicted molar refractivity (Wildman–Crippen MR) is 335 cm³/mol. The van der Waals surface area contributed by atoms with E-state index in [2.05, 4.69) is 95.1 Å². The Balaban J connectivity index is 0.933. The van der Waals surface area contributed by atoms with Crippen LogP contribution in [0.25, 0.3) is 0 Å². The van der Waals surface area contributed by atoms with Crippen LogP contribution in [0.5, 0.6) is 11.5 Å². The van der Waals surface area contributed by atoms with Crippen molar-refractivity contribution in [2.24, 2.45) is 46.0 Å². The van der Waals surface area contributed by atoms with E-state index in [1.54, 1.807) is 12.1 Å². The van der Waals surface area contributed by atoms with Gasteiger partial charge in [-0.1, -0.05) is 110 Å². The number of aromatic amines is 1. The van der Waals surface area contributed by atoms with E-state index in [1.807, 2.05) is 60.8 Å². The van der Waals surface area contributed by atoms with Gasteiger partial charge in [-0.2, -0.15) is 8.42 Å². The number of nitrogens with one attached hydrogen (secondary N) is 3. The van der Waals surface area contributed by atoms with E-state index < -0.39 is 50.6 Å². The van der Waals surface area contributed by atoms with Gasteiger partial charge in [0.15, 0.2) is 5.96 Å². The van der Waals surface area contributed by atoms with Crippen LogP contribution >= 0.6 is 0 Å². The molecule has 1 saturated carbocycles. The minimum atomic E-state index is -4.71. The highest BCUT2D eigenvalue weighted by molar-refractivity contribution is 7.86. The second kappa shape index (κ2) is 24.0. The summed E-state index contributed by atoms with van der Waals surface area (Å²) in [4.78, 5) is 8.49. The number of rotatable bonds is 12. The monoisotopic (exact) mass is 1180 g/mol. The minimum Gasteiger partial charge on any atom is -0.508 e. The standard InChI is InChI=1S/C71H82N6O8S/c1-43-14-15-50-34-57-23-25-59(50)61(43)38-65(86(81,82)83)63-37-53-32-52(35-58-31-45(42-78)10-5-11-49-33-56(79)22-24-60(49)68(53)84-58)67(63)47-18-20-54(21-19-47)71(85-57,77-69(72)73)40-55(30-44-8-3-2-4-9-44)70(80)27-6-12-51(39-70)48-17-16-46-26-29-74-64(62(46)36-48)41-76-66-13-7-28-75-66/h2-4,7-9,13,16-25,28,33-34,36-37,43,45,51-52,55,58,61,63-65,67-68,74-76,78-80H,6,10,12,14-15,26-27,29-32,35,38-42H2,1H3,(H4,72,73,77)(H,81,82,83)/t43-,45+,51+,52-,55+,58-,61+,63-,64+,65-,67+,68-,70-,71-/m1/s1. The second-order valence-corrected chi connectivity index (χ2v) is 27.9.